The van der Waals surface area contributed by atoms with E-state index in [1.54, 1.807) is 24.3 Å². The highest BCUT2D eigenvalue weighted by Gasteiger charge is 2.24. The van der Waals surface area contributed by atoms with Gasteiger partial charge in [-0.05, 0) is 11.6 Å². The smallest absolute Gasteiger partial charge is 0.387 e. The lowest BCUT2D eigenvalue weighted by molar-refractivity contribution is -0.515. The Morgan fingerprint density at radius 2 is 1.78 bits per heavy atom. The Hall–Kier alpha value is -1.89. The van der Waals surface area contributed by atoms with Crippen LogP contribution in [0.3, 0.4) is 0 Å². The number of halogens is 3. The molecule has 0 fully saturated rings. The van der Waals surface area contributed by atoms with Crippen molar-refractivity contribution in [3.63, 3.8) is 0 Å². The van der Waals surface area contributed by atoms with Gasteiger partial charge >= 0.3 is 6.18 Å². The number of hydrogen-bond donors (Lipinski definition) is 1. The minimum Gasteiger partial charge on any atom is -0.387 e. The average molecular weight is 261 g/mol. The second kappa shape index (κ2) is 5.63. The van der Waals surface area contributed by atoms with Crippen molar-refractivity contribution in [3.8, 4) is 0 Å². The van der Waals surface area contributed by atoms with Crippen LogP contribution >= 0.6 is 0 Å². The van der Waals surface area contributed by atoms with Crippen molar-refractivity contribution in [3.05, 3.63) is 51.6 Å². The molecular formula is C11H10F3NO3. The Morgan fingerprint density at radius 3 is 2.17 bits per heavy atom. The van der Waals surface area contributed by atoms with Crippen molar-refractivity contribution in [1.29, 1.82) is 0 Å². The quantitative estimate of drug-likeness (QED) is 0.624. The molecular weight excluding hydrogens is 251 g/mol. The van der Waals surface area contributed by atoms with Gasteiger partial charge < -0.3 is 5.11 Å². The fourth-order valence-electron chi connectivity index (χ4n) is 1.31. The zero-order valence-electron chi connectivity index (χ0n) is 9.09. The average Bonchev–Trinajstić information content (AvgIpc) is 2.62. The van der Waals surface area contributed by atoms with Crippen LogP contribution < -0.4 is 0 Å². The van der Waals surface area contributed by atoms with E-state index in [1.165, 1.54) is 0 Å². The molecule has 0 aromatic heterocycles. The Bertz CT molecular complexity index is 440. The molecule has 0 radical (unpaired) electrons. The highest BCUT2D eigenvalue weighted by atomic mass is 19.4. The van der Waals surface area contributed by atoms with E-state index in [0.717, 1.165) is 11.1 Å². The SMILES string of the molecule is O=[N+]([O-])C1C=Cc2ccc1cc2.OCC(F)(F)F. The molecule has 4 nitrogen and oxygen atoms in total. The minimum atomic E-state index is -4.40. The number of aliphatic hydroxyl groups excluding tert-OH is 1. The van der Waals surface area contributed by atoms with Crippen molar-refractivity contribution >= 4 is 6.08 Å². The predicted molar refractivity (Wildman–Crippen MR) is 58.4 cm³/mol. The summed E-state index contributed by atoms with van der Waals surface area (Å²) in [4.78, 5) is 10.3. The van der Waals surface area contributed by atoms with Crippen LogP contribution in [0.1, 0.15) is 17.2 Å². The monoisotopic (exact) mass is 261 g/mol. The topological polar surface area (TPSA) is 63.4 Å². The van der Waals surface area contributed by atoms with Gasteiger partial charge in [0.25, 0.3) is 6.04 Å². The number of rotatable bonds is 1. The van der Waals surface area contributed by atoms with Gasteiger partial charge in [0.2, 0.25) is 0 Å². The third-order valence-electron chi connectivity index (χ3n) is 2.16. The molecule has 1 unspecified atom stereocenters. The summed E-state index contributed by atoms with van der Waals surface area (Å²) in [5, 5.41) is 17.8. The molecule has 3 rings (SSSR count). The van der Waals surface area contributed by atoms with Crippen LogP contribution in [-0.2, 0) is 0 Å². The van der Waals surface area contributed by atoms with Crippen LogP contribution in [-0.4, -0.2) is 22.8 Å². The van der Waals surface area contributed by atoms with Crippen molar-refractivity contribution in [2.75, 3.05) is 6.61 Å². The third-order valence-corrected chi connectivity index (χ3v) is 2.16. The van der Waals surface area contributed by atoms with Crippen LogP contribution in [0.15, 0.2) is 30.3 Å². The molecule has 7 heteroatoms. The van der Waals surface area contributed by atoms with E-state index in [1.807, 2.05) is 12.1 Å². The second-order valence-electron chi connectivity index (χ2n) is 3.53. The molecule has 0 aliphatic heterocycles. The maximum Gasteiger partial charge on any atom is 0.411 e. The molecule has 0 spiro atoms. The van der Waals surface area contributed by atoms with Gasteiger partial charge in [0.1, 0.15) is 6.61 Å². The maximum atomic E-state index is 10.6. The van der Waals surface area contributed by atoms with E-state index in [4.69, 9.17) is 5.11 Å². The van der Waals surface area contributed by atoms with Crippen molar-refractivity contribution < 1.29 is 23.2 Å². The van der Waals surface area contributed by atoms with Gasteiger partial charge in [-0.3, -0.25) is 10.1 Å². The normalized spacial score (nSPS) is 16.8. The highest BCUT2D eigenvalue weighted by molar-refractivity contribution is 5.54. The molecule has 2 aliphatic carbocycles. The largest absolute Gasteiger partial charge is 0.411 e. The second-order valence-corrected chi connectivity index (χ2v) is 3.53. The van der Waals surface area contributed by atoms with Crippen LogP contribution in [0.5, 0.6) is 0 Å². The molecule has 18 heavy (non-hydrogen) atoms. The molecule has 2 bridgehead atoms. The first-order valence-corrected chi connectivity index (χ1v) is 4.93. The maximum absolute atomic E-state index is 10.6. The zero-order valence-corrected chi connectivity index (χ0v) is 9.09. The molecule has 2 aliphatic rings. The van der Waals surface area contributed by atoms with E-state index in [9.17, 15) is 23.3 Å². The molecule has 0 saturated heterocycles. The molecule has 0 amide bonds. The summed E-state index contributed by atoms with van der Waals surface area (Å²) in [6, 6.07) is 6.69. The highest BCUT2D eigenvalue weighted by Crippen LogP contribution is 2.23. The van der Waals surface area contributed by atoms with Crippen LogP contribution in [0.2, 0.25) is 0 Å². The molecule has 1 aromatic rings. The standard InChI is InChI=1S/C9H7NO2.C2H3F3O/c11-10(12)9-6-3-7-1-4-8(9)5-2-7;3-2(4,5)1-6/h1-6,9H;6H,1H2. The van der Waals surface area contributed by atoms with Gasteiger partial charge in [-0.25, -0.2) is 0 Å². The summed E-state index contributed by atoms with van der Waals surface area (Å²) in [6.07, 6.45) is -1.01. The van der Waals surface area contributed by atoms with Crippen molar-refractivity contribution in [2.45, 2.75) is 12.2 Å². The van der Waals surface area contributed by atoms with E-state index in [0.29, 0.717) is 0 Å². The first kappa shape index (κ1) is 14.2. The lowest BCUT2D eigenvalue weighted by Crippen LogP contribution is -2.12. The zero-order chi connectivity index (χ0) is 13.8. The van der Waals surface area contributed by atoms with Gasteiger partial charge in [0.15, 0.2) is 0 Å². The van der Waals surface area contributed by atoms with E-state index < -0.39 is 18.8 Å². The predicted octanol–water partition coefficient (Wildman–Crippen LogP) is 2.57. The minimum absolute atomic E-state index is 0.283. The first-order valence-electron chi connectivity index (χ1n) is 4.93. The van der Waals surface area contributed by atoms with E-state index in [2.05, 4.69) is 0 Å². The number of nitrogens with zero attached hydrogens (tertiary/aromatic N) is 1. The molecule has 98 valence electrons. The van der Waals surface area contributed by atoms with Gasteiger partial charge in [-0.15, -0.1) is 0 Å². The number of aliphatic hydroxyl groups is 1. The fourth-order valence-corrected chi connectivity index (χ4v) is 1.31. The van der Waals surface area contributed by atoms with Crippen LogP contribution in [0, 0.1) is 10.1 Å². The number of hydrogen-bond acceptors (Lipinski definition) is 3. The van der Waals surface area contributed by atoms with E-state index >= 15 is 0 Å². The van der Waals surface area contributed by atoms with Gasteiger partial charge in [-0.2, -0.15) is 13.2 Å². The summed E-state index contributed by atoms with van der Waals surface area (Å²) in [5.41, 5.74) is 1.76. The molecule has 0 heterocycles. The van der Waals surface area contributed by atoms with Crippen LogP contribution in [0.4, 0.5) is 13.2 Å². The van der Waals surface area contributed by atoms with Crippen molar-refractivity contribution in [1.82, 2.24) is 0 Å². The number of alkyl halides is 3. The molecule has 1 N–H and O–H groups in total. The van der Waals surface area contributed by atoms with Crippen molar-refractivity contribution in [2.24, 2.45) is 0 Å². The summed E-state index contributed by atoms with van der Waals surface area (Å²) < 4.78 is 31.6. The summed E-state index contributed by atoms with van der Waals surface area (Å²) in [5.74, 6) is 0. The lowest BCUT2D eigenvalue weighted by Gasteiger charge is -2.01. The number of fused-ring (bicyclic) bond motifs is 3. The Morgan fingerprint density at radius 1 is 1.28 bits per heavy atom. The summed E-state index contributed by atoms with van der Waals surface area (Å²) >= 11 is 0. The lowest BCUT2D eigenvalue weighted by atomic mass is 10.1. The van der Waals surface area contributed by atoms with Gasteiger partial charge in [-0.1, -0.05) is 30.3 Å². The Labute approximate surface area is 101 Å². The summed E-state index contributed by atoms with van der Waals surface area (Å²) in [7, 11) is 0. The Balaban J connectivity index is 0.000000232. The molecule has 0 saturated carbocycles. The first-order chi connectivity index (χ1) is 8.33. The van der Waals surface area contributed by atoms with Crippen LogP contribution in [0.25, 0.3) is 6.08 Å². The fraction of sp³-hybridized carbons (Fsp3) is 0.273. The van der Waals surface area contributed by atoms with Gasteiger partial charge in [0.05, 0.1) is 0 Å². The van der Waals surface area contributed by atoms with Gasteiger partial charge in [0, 0.05) is 10.5 Å². The number of benzene rings is 1. The van der Waals surface area contributed by atoms with E-state index in [-0.39, 0.29) is 4.92 Å². The summed E-state index contributed by atoms with van der Waals surface area (Å²) in [6.45, 7) is -1.73. The Kier molecular flexibility index (Phi) is 4.43. The molecule has 1 aromatic carbocycles. The molecule has 1 atom stereocenters. The third kappa shape index (κ3) is 4.17. The number of nitro groups is 1.